The topological polar surface area (TPSA) is 46.2 Å². The normalized spacial score (nSPS) is 21.1. The van der Waals surface area contributed by atoms with E-state index in [-0.39, 0.29) is 0 Å². The second-order valence-electron chi connectivity index (χ2n) is 6.42. The van der Waals surface area contributed by atoms with Gasteiger partial charge in [-0.3, -0.25) is 4.79 Å². The lowest BCUT2D eigenvalue weighted by Crippen LogP contribution is -2.40. The van der Waals surface area contributed by atoms with Crippen molar-refractivity contribution >= 4 is 12.7 Å². The summed E-state index contributed by atoms with van der Waals surface area (Å²) in [5, 5.41) is 3.22. The third-order valence-electron chi connectivity index (χ3n) is 4.73. The predicted molar refractivity (Wildman–Crippen MR) is 89.2 cm³/mol. The second kappa shape index (κ2) is 11.8. The Morgan fingerprint density at radius 3 is 2.00 bits per heavy atom. The molecule has 1 N–H and O–H groups in total. The van der Waals surface area contributed by atoms with Crippen molar-refractivity contribution in [2.45, 2.75) is 85.0 Å². The molecule has 124 valence electrons. The number of carbonyl (C=O) groups is 2. The summed E-state index contributed by atoms with van der Waals surface area (Å²) in [6.07, 6.45) is 12.7. The molecule has 0 aromatic rings. The highest BCUT2D eigenvalue weighted by atomic mass is 16.1. The van der Waals surface area contributed by atoms with Crippen LogP contribution in [-0.4, -0.2) is 19.2 Å². The molecule has 21 heavy (non-hydrogen) atoms. The van der Waals surface area contributed by atoms with Gasteiger partial charge in [-0.25, -0.2) is 0 Å². The lowest BCUT2D eigenvalue weighted by atomic mass is 9.75. The molecule has 2 aliphatic carbocycles. The van der Waals surface area contributed by atoms with Crippen LogP contribution in [-0.2, 0) is 9.59 Å². The van der Waals surface area contributed by atoms with Crippen LogP contribution in [0.3, 0.4) is 0 Å². The lowest BCUT2D eigenvalue weighted by molar-refractivity contribution is -0.126. The molecule has 0 bridgehead atoms. The number of hydrogen-bond acceptors (Lipinski definition) is 2. The van der Waals surface area contributed by atoms with Crippen molar-refractivity contribution in [1.82, 2.24) is 5.32 Å². The summed E-state index contributed by atoms with van der Waals surface area (Å²) in [5.41, 5.74) is 0.378. The average Bonchev–Trinajstić information content (AvgIpc) is 2.58. The Kier molecular flexibility index (Phi) is 11.3. The van der Waals surface area contributed by atoms with E-state index < -0.39 is 0 Å². The summed E-state index contributed by atoms with van der Waals surface area (Å²) >= 11 is 0. The molecule has 1 amide bonds. The van der Waals surface area contributed by atoms with E-state index in [0.717, 1.165) is 19.4 Å². The van der Waals surface area contributed by atoms with E-state index in [4.69, 9.17) is 4.79 Å². The van der Waals surface area contributed by atoms with Gasteiger partial charge in [-0.1, -0.05) is 59.3 Å². The Labute approximate surface area is 131 Å². The third kappa shape index (κ3) is 7.63. The van der Waals surface area contributed by atoms with E-state index in [1.165, 1.54) is 51.4 Å². The van der Waals surface area contributed by atoms with Crippen LogP contribution in [0, 0.1) is 11.3 Å². The monoisotopic (exact) mass is 297 g/mol. The summed E-state index contributed by atoms with van der Waals surface area (Å²) < 4.78 is 0. The van der Waals surface area contributed by atoms with Crippen molar-refractivity contribution in [2.75, 3.05) is 6.54 Å². The molecular formula is C18H35NO2. The van der Waals surface area contributed by atoms with Gasteiger partial charge >= 0.3 is 0 Å². The molecule has 2 saturated carbocycles. The fourth-order valence-electron chi connectivity index (χ4n) is 3.39. The molecule has 2 fully saturated rings. The molecule has 3 heteroatoms. The fraction of sp³-hybridized carbons (Fsp3) is 0.889. The number of nitrogens with one attached hydrogen (secondary N) is 1. The van der Waals surface area contributed by atoms with Crippen LogP contribution < -0.4 is 5.32 Å². The van der Waals surface area contributed by atoms with Gasteiger partial charge < -0.3 is 10.1 Å². The Morgan fingerprint density at radius 2 is 1.48 bits per heavy atom. The predicted octanol–water partition coefficient (Wildman–Crippen LogP) is 4.49. The van der Waals surface area contributed by atoms with Crippen LogP contribution >= 0.6 is 0 Å². The van der Waals surface area contributed by atoms with Gasteiger partial charge in [0.05, 0.1) is 0 Å². The SMILES string of the molecule is C=O.CC.CC1(CNC(=O)C2CCCCC2)CCCCC1. The molecule has 0 unspecified atom stereocenters. The van der Waals surface area contributed by atoms with Crippen LogP contribution in [0.2, 0.25) is 0 Å². The van der Waals surface area contributed by atoms with E-state index in [2.05, 4.69) is 12.2 Å². The molecule has 0 spiro atoms. The molecule has 0 radical (unpaired) electrons. The highest BCUT2D eigenvalue weighted by Gasteiger charge is 2.28. The van der Waals surface area contributed by atoms with Gasteiger partial charge in [-0.05, 0) is 31.1 Å². The first kappa shape index (κ1) is 20.1. The van der Waals surface area contributed by atoms with E-state index in [1.807, 2.05) is 20.6 Å². The number of hydrogen-bond donors (Lipinski definition) is 1. The highest BCUT2D eigenvalue weighted by Crippen LogP contribution is 2.35. The van der Waals surface area contributed by atoms with E-state index >= 15 is 0 Å². The van der Waals surface area contributed by atoms with E-state index in [1.54, 1.807) is 0 Å². The number of amides is 1. The van der Waals surface area contributed by atoms with Gasteiger partial charge in [-0.2, -0.15) is 0 Å². The molecule has 0 aromatic carbocycles. The molecule has 2 aliphatic rings. The molecule has 0 atom stereocenters. The zero-order valence-electron chi connectivity index (χ0n) is 14.4. The smallest absolute Gasteiger partial charge is 0.223 e. The fourth-order valence-corrected chi connectivity index (χ4v) is 3.39. The second-order valence-corrected chi connectivity index (χ2v) is 6.42. The average molecular weight is 297 g/mol. The lowest BCUT2D eigenvalue weighted by Gasteiger charge is -2.34. The molecule has 0 aliphatic heterocycles. The minimum absolute atomic E-state index is 0.316. The number of rotatable bonds is 3. The first-order chi connectivity index (χ1) is 10.2. The van der Waals surface area contributed by atoms with Crippen molar-refractivity contribution in [1.29, 1.82) is 0 Å². The zero-order valence-corrected chi connectivity index (χ0v) is 14.4. The first-order valence-electron chi connectivity index (χ1n) is 8.76. The third-order valence-corrected chi connectivity index (χ3v) is 4.73. The van der Waals surface area contributed by atoms with Crippen molar-refractivity contribution in [3.8, 4) is 0 Å². The maximum atomic E-state index is 12.1. The minimum Gasteiger partial charge on any atom is -0.355 e. The van der Waals surface area contributed by atoms with E-state index in [0.29, 0.717) is 17.2 Å². The van der Waals surface area contributed by atoms with Crippen molar-refractivity contribution in [2.24, 2.45) is 11.3 Å². The Morgan fingerprint density at radius 1 is 1.00 bits per heavy atom. The maximum Gasteiger partial charge on any atom is 0.223 e. The Balaban J connectivity index is 0.000000921. The molecule has 0 saturated heterocycles. The van der Waals surface area contributed by atoms with Gasteiger partial charge in [0.1, 0.15) is 6.79 Å². The summed E-state index contributed by atoms with van der Waals surface area (Å²) in [4.78, 5) is 20.1. The number of carbonyl (C=O) groups excluding carboxylic acids is 2. The largest absolute Gasteiger partial charge is 0.355 e. The minimum atomic E-state index is 0.316. The van der Waals surface area contributed by atoms with Gasteiger partial charge in [-0.15, -0.1) is 0 Å². The standard InChI is InChI=1S/C15H27NO.C2H6.CH2O/c1-15(10-6-3-7-11-15)12-16-14(17)13-8-4-2-5-9-13;2*1-2/h13H,2-12H2,1H3,(H,16,17);1-2H3;1H2. The van der Waals surface area contributed by atoms with Crippen molar-refractivity contribution < 1.29 is 9.59 Å². The van der Waals surface area contributed by atoms with Crippen LogP contribution in [0.15, 0.2) is 0 Å². The van der Waals surface area contributed by atoms with Crippen molar-refractivity contribution in [3.05, 3.63) is 0 Å². The molecular weight excluding hydrogens is 262 g/mol. The molecule has 2 rings (SSSR count). The molecule has 0 heterocycles. The van der Waals surface area contributed by atoms with Gasteiger partial charge in [0.2, 0.25) is 5.91 Å². The summed E-state index contributed by atoms with van der Waals surface area (Å²) in [5.74, 6) is 0.646. The summed E-state index contributed by atoms with van der Waals surface area (Å²) in [6.45, 7) is 9.25. The molecule has 0 aromatic heterocycles. The van der Waals surface area contributed by atoms with Crippen LogP contribution in [0.5, 0.6) is 0 Å². The Hall–Kier alpha value is -0.860. The van der Waals surface area contributed by atoms with E-state index in [9.17, 15) is 4.79 Å². The van der Waals surface area contributed by atoms with Gasteiger partial charge in [0.25, 0.3) is 0 Å². The van der Waals surface area contributed by atoms with Crippen molar-refractivity contribution in [3.63, 3.8) is 0 Å². The maximum absolute atomic E-state index is 12.1. The highest BCUT2D eigenvalue weighted by molar-refractivity contribution is 5.78. The zero-order chi connectivity index (χ0) is 16.1. The quantitative estimate of drug-likeness (QED) is 0.834. The first-order valence-corrected chi connectivity index (χ1v) is 8.76. The Bertz CT molecular complexity index is 266. The van der Waals surface area contributed by atoms with Gasteiger partial charge in [0, 0.05) is 12.5 Å². The van der Waals surface area contributed by atoms with Crippen LogP contribution in [0.4, 0.5) is 0 Å². The van der Waals surface area contributed by atoms with Gasteiger partial charge in [0.15, 0.2) is 0 Å². The summed E-state index contributed by atoms with van der Waals surface area (Å²) in [6, 6.07) is 0. The van der Waals surface area contributed by atoms with Crippen LogP contribution in [0.25, 0.3) is 0 Å². The summed E-state index contributed by atoms with van der Waals surface area (Å²) in [7, 11) is 0. The molecule has 3 nitrogen and oxygen atoms in total. The van der Waals surface area contributed by atoms with Crippen LogP contribution in [0.1, 0.15) is 85.0 Å².